The molecule has 19 heavy (non-hydrogen) atoms. The number of esters is 1. The molecule has 0 saturated carbocycles. The van der Waals surface area contributed by atoms with E-state index in [4.69, 9.17) is 17.0 Å². The molecule has 0 aromatic heterocycles. The summed E-state index contributed by atoms with van der Waals surface area (Å²) in [7, 11) is 0. The van der Waals surface area contributed by atoms with Crippen LogP contribution in [0.1, 0.15) is 24.5 Å². The Bertz CT molecular complexity index is 516. The first kappa shape index (κ1) is 13.8. The first-order chi connectivity index (χ1) is 8.95. The maximum atomic E-state index is 11.5. The van der Waals surface area contributed by atoms with E-state index in [1.807, 2.05) is 32.0 Å². The van der Waals surface area contributed by atoms with Gasteiger partial charge in [0, 0.05) is 12.1 Å². The van der Waals surface area contributed by atoms with E-state index in [0.717, 1.165) is 5.69 Å². The second-order valence-corrected chi connectivity index (χ2v) is 5.34. The molecule has 1 aromatic carbocycles. The molecule has 1 saturated heterocycles. The summed E-state index contributed by atoms with van der Waals surface area (Å²) in [6.45, 7) is 5.98. The molecule has 1 fully saturated rings. The lowest BCUT2D eigenvalue weighted by Crippen LogP contribution is -2.40. The number of aryl methyl sites for hydroxylation is 2. The van der Waals surface area contributed by atoms with Gasteiger partial charge in [-0.25, -0.2) is 4.79 Å². The Balaban J connectivity index is 1.94. The molecule has 1 heterocycles. The van der Waals surface area contributed by atoms with E-state index in [2.05, 4.69) is 17.6 Å². The van der Waals surface area contributed by atoms with Crippen LogP contribution in [0, 0.1) is 13.8 Å². The molecule has 1 aliphatic heterocycles. The van der Waals surface area contributed by atoms with Crippen molar-refractivity contribution in [3.63, 3.8) is 0 Å². The Kier molecular flexibility index (Phi) is 4.04. The van der Waals surface area contributed by atoms with Gasteiger partial charge in [0.25, 0.3) is 0 Å². The monoisotopic (exact) mass is 278 g/mol. The molecule has 5 heteroatoms. The van der Waals surface area contributed by atoms with Gasteiger partial charge in [0.1, 0.15) is 12.1 Å². The number of nitrogens with one attached hydrogen (secondary N) is 2. The SMILES string of the molecule is Cc1ccc(NC(=S)N[C@H]2C[C@@H](C)OC2=O)cc1C. The van der Waals surface area contributed by atoms with E-state index in [0.29, 0.717) is 11.5 Å². The number of cyclic esters (lactones) is 1. The van der Waals surface area contributed by atoms with Crippen LogP contribution in [-0.2, 0) is 9.53 Å². The molecule has 2 rings (SSSR count). The summed E-state index contributed by atoms with van der Waals surface area (Å²) in [4.78, 5) is 11.5. The molecule has 1 aromatic rings. The van der Waals surface area contributed by atoms with Gasteiger partial charge >= 0.3 is 5.97 Å². The summed E-state index contributed by atoms with van der Waals surface area (Å²) in [5, 5.41) is 6.52. The molecule has 2 N–H and O–H groups in total. The van der Waals surface area contributed by atoms with Crippen molar-refractivity contribution in [2.24, 2.45) is 0 Å². The van der Waals surface area contributed by atoms with Gasteiger partial charge < -0.3 is 15.4 Å². The summed E-state index contributed by atoms with van der Waals surface area (Å²) in [6.07, 6.45) is 0.600. The Morgan fingerprint density at radius 1 is 1.37 bits per heavy atom. The highest BCUT2D eigenvalue weighted by atomic mass is 32.1. The summed E-state index contributed by atoms with van der Waals surface area (Å²) in [6, 6.07) is 5.68. The third-order valence-corrected chi connectivity index (χ3v) is 3.46. The summed E-state index contributed by atoms with van der Waals surface area (Å²) >= 11 is 5.21. The van der Waals surface area contributed by atoms with Crippen LogP contribution >= 0.6 is 12.2 Å². The van der Waals surface area contributed by atoms with Crippen LogP contribution in [-0.4, -0.2) is 23.2 Å². The zero-order valence-corrected chi connectivity index (χ0v) is 12.1. The van der Waals surface area contributed by atoms with E-state index in [-0.39, 0.29) is 18.1 Å². The molecule has 0 spiro atoms. The van der Waals surface area contributed by atoms with Crippen molar-refractivity contribution in [2.45, 2.75) is 39.3 Å². The molecule has 0 unspecified atom stereocenters. The van der Waals surface area contributed by atoms with Crippen LogP contribution in [0.4, 0.5) is 5.69 Å². The predicted octanol–water partition coefficient (Wildman–Crippen LogP) is 2.29. The normalized spacial score (nSPS) is 21.9. The number of hydrogen-bond acceptors (Lipinski definition) is 3. The molecule has 102 valence electrons. The number of hydrogen-bond donors (Lipinski definition) is 2. The minimum absolute atomic E-state index is 0.0468. The van der Waals surface area contributed by atoms with Crippen LogP contribution in [0.25, 0.3) is 0 Å². The topological polar surface area (TPSA) is 50.4 Å². The molecule has 1 aliphatic rings. The van der Waals surface area contributed by atoms with Crippen molar-refractivity contribution in [3.8, 4) is 0 Å². The predicted molar refractivity (Wildman–Crippen MR) is 79.2 cm³/mol. The highest BCUT2D eigenvalue weighted by molar-refractivity contribution is 7.80. The molecule has 4 nitrogen and oxygen atoms in total. The largest absolute Gasteiger partial charge is 0.461 e. The number of carbonyl (C=O) groups is 1. The third-order valence-electron chi connectivity index (χ3n) is 3.24. The zero-order valence-electron chi connectivity index (χ0n) is 11.3. The van der Waals surface area contributed by atoms with E-state index in [1.165, 1.54) is 11.1 Å². The lowest BCUT2D eigenvalue weighted by molar-refractivity contribution is -0.142. The molecule has 0 amide bonds. The fraction of sp³-hybridized carbons (Fsp3) is 0.429. The van der Waals surface area contributed by atoms with Crippen molar-refractivity contribution in [1.29, 1.82) is 0 Å². The number of ether oxygens (including phenoxy) is 1. The van der Waals surface area contributed by atoms with Gasteiger partial charge in [0.05, 0.1) is 0 Å². The van der Waals surface area contributed by atoms with Gasteiger partial charge in [-0.3, -0.25) is 0 Å². The van der Waals surface area contributed by atoms with Crippen molar-refractivity contribution >= 4 is 29.0 Å². The zero-order chi connectivity index (χ0) is 14.0. The second-order valence-electron chi connectivity index (χ2n) is 4.93. The van der Waals surface area contributed by atoms with Crippen molar-refractivity contribution in [1.82, 2.24) is 5.32 Å². The molecular formula is C14H18N2O2S. The van der Waals surface area contributed by atoms with Gasteiger partial charge in [0.15, 0.2) is 5.11 Å². The van der Waals surface area contributed by atoms with E-state index >= 15 is 0 Å². The number of thiocarbonyl (C=S) groups is 1. The first-order valence-corrected chi connectivity index (χ1v) is 6.72. The number of benzene rings is 1. The minimum Gasteiger partial charge on any atom is -0.461 e. The summed E-state index contributed by atoms with van der Waals surface area (Å²) < 4.78 is 5.07. The summed E-state index contributed by atoms with van der Waals surface area (Å²) in [5.74, 6) is -0.239. The van der Waals surface area contributed by atoms with Gasteiger partial charge in [0.2, 0.25) is 0 Å². The Labute approximate surface area is 118 Å². The van der Waals surface area contributed by atoms with Crippen LogP contribution in [0.2, 0.25) is 0 Å². The fourth-order valence-corrected chi connectivity index (χ4v) is 2.28. The smallest absolute Gasteiger partial charge is 0.329 e. The first-order valence-electron chi connectivity index (χ1n) is 6.31. The van der Waals surface area contributed by atoms with Gasteiger partial charge in [-0.15, -0.1) is 0 Å². The minimum atomic E-state index is -0.346. The number of anilines is 1. The van der Waals surface area contributed by atoms with Crippen LogP contribution < -0.4 is 10.6 Å². The quantitative estimate of drug-likeness (QED) is 0.642. The molecule has 0 aliphatic carbocycles. The Hall–Kier alpha value is -1.62. The number of rotatable bonds is 2. The van der Waals surface area contributed by atoms with Gasteiger partial charge in [-0.1, -0.05) is 6.07 Å². The van der Waals surface area contributed by atoms with Gasteiger partial charge in [-0.2, -0.15) is 0 Å². The summed E-state index contributed by atoms with van der Waals surface area (Å²) in [5.41, 5.74) is 3.35. The van der Waals surface area contributed by atoms with Crippen LogP contribution in [0.5, 0.6) is 0 Å². The van der Waals surface area contributed by atoms with Gasteiger partial charge in [-0.05, 0) is 56.2 Å². The Morgan fingerprint density at radius 2 is 2.11 bits per heavy atom. The molecular weight excluding hydrogens is 260 g/mol. The molecule has 2 atom stereocenters. The standard InChI is InChI=1S/C14H18N2O2S/c1-8-4-5-11(6-9(8)2)15-14(19)16-12-7-10(3)18-13(12)17/h4-6,10,12H,7H2,1-3H3,(H2,15,16,19)/t10-,12+/m1/s1. The maximum absolute atomic E-state index is 11.5. The Morgan fingerprint density at radius 3 is 2.68 bits per heavy atom. The van der Waals surface area contributed by atoms with Crippen LogP contribution in [0.3, 0.4) is 0 Å². The third kappa shape index (κ3) is 3.44. The van der Waals surface area contributed by atoms with E-state index in [9.17, 15) is 4.79 Å². The average molecular weight is 278 g/mol. The molecule has 0 radical (unpaired) electrons. The second kappa shape index (κ2) is 5.57. The lowest BCUT2D eigenvalue weighted by atomic mass is 10.1. The highest BCUT2D eigenvalue weighted by Crippen LogP contribution is 2.16. The maximum Gasteiger partial charge on any atom is 0.329 e. The van der Waals surface area contributed by atoms with E-state index in [1.54, 1.807) is 0 Å². The highest BCUT2D eigenvalue weighted by Gasteiger charge is 2.32. The van der Waals surface area contributed by atoms with Crippen molar-refractivity contribution in [3.05, 3.63) is 29.3 Å². The van der Waals surface area contributed by atoms with Crippen LogP contribution in [0.15, 0.2) is 18.2 Å². The average Bonchev–Trinajstić information content (AvgIpc) is 2.62. The van der Waals surface area contributed by atoms with Crippen molar-refractivity contribution in [2.75, 3.05) is 5.32 Å². The lowest BCUT2D eigenvalue weighted by Gasteiger charge is -2.14. The fourth-order valence-electron chi connectivity index (χ4n) is 2.02. The molecule has 0 bridgehead atoms. The van der Waals surface area contributed by atoms with E-state index < -0.39 is 0 Å². The number of carbonyl (C=O) groups excluding carboxylic acids is 1. The van der Waals surface area contributed by atoms with Crippen molar-refractivity contribution < 1.29 is 9.53 Å².